The summed E-state index contributed by atoms with van der Waals surface area (Å²) in [5.74, 6) is 1.66. The van der Waals surface area contributed by atoms with Crippen molar-refractivity contribution in [1.29, 1.82) is 0 Å². The van der Waals surface area contributed by atoms with Crippen molar-refractivity contribution in [3.8, 4) is 11.5 Å². The van der Waals surface area contributed by atoms with E-state index in [-0.39, 0.29) is 13.4 Å². The summed E-state index contributed by atoms with van der Waals surface area (Å²) in [6.07, 6.45) is 2.15. The quantitative estimate of drug-likeness (QED) is 0.126. The maximum absolute atomic E-state index is 7.81. The fourth-order valence-electron chi connectivity index (χ4n) is 15.1. The Morgan fingerprint density at radius 1 is 0.278 bits per heavy atom. The van der Waals surface area contributed by atoms with Crippen molar-refractivity contribution >= 4 is 143 Å². The number of anilines is 17. The van der Waals surface area contributed by atoms with E-state index in [0.717, 1.165) is 127 Å². The first-order valence-corrected chi connectivity index (χ1v) is 31.3. The third kappa shape index (κ3) is 8.30. The summed E-state index contributed by atoms with van der Waals surface area (Å²) in [6, 6.07) is 116. The summed E-state index contributed by atoms with van der Waals surface area (Å²) in [5.41, 5.74) is 27.3. The monoisotopic (exact) mass is 1150 g/mol. The summed E-state index contributed by atoms with van der Waals surface area (Å²) in [5, 5.41) is 0. The lowest BCUT2D eigenvalue weighted by molar-refractivity contribution is 0.488. The fraction of sp³-hybridized carbons (Fsp3) is 0.0370. The van der Waals surface area contributed by atoms with Gasteiger partial charge in [0.2, 0.25) is 0 Å². The first-order chi connectivity index (χ1) is 44.7. The Balaban J connectivity index is 0.922. The summed E-state index contributed by atoms with van der Waals surface area (Å²) >= 11 is 0. The molecule has 0 N–H and O–H groups in total. The molecular formula is C81H58B2N6O. The second-order valence-corrected chi connectivity index (χ2v) is 23.9. The molecule has 90 heavy (non-hydrogen) atoms. The number of fused-ring (bicyclic) bond motifs is 9. The van der Waals surface area contributed by atoms with Crippen molar-refractivity contribution in [2.24, 2.45) is 0 Å². The van der Waals surface area contributed by atoms with E-state index >= 15 is 0 Å². The Hall–Kier alpha value is -11.4. The van der Waals surface area contributed by atoms with Crippen molar-refractivity contribution in [1.82, 2.24) is 0 Å². The van der Waals surface area contributed by atoms with Gasteiger partial charge in [-0.1, -0.05) is 176 Å². The van der Waals surface area contributed by atoms with Crippen LogP contribution in [0.3, 0.4) is 0 Å². The normalized spacial score (nSPS) is 13.6. The average Bonchev–Trinajstić information content (AvgIpc) is 0.699. The van der Waals surface area contributed by atoms with E-state index in [9.17, 15) is 0 Å². The van der Waals surface area contributed by atoms with E-state index in [1.807, 2.05) is 0 Å². The number of rotatable bonds is 10. The van der Waals surface area contributed by atoms with Gasteiger partial charge in [-0.25, -0.2) is 0 Å². The highest BCUT2D eigenvalue weighted by atomic mass is 16.5. The molecule has 0 bridgehead atoms. The molecule has 0 unspecified atom stereocenters. The maximum Gasteiger partial charge on any atom is 0.256 e. The lowest BCUT2D eigenvalue weighted by Gasteiger charge is -2.46. The highest BCUT2D eigenvalue weighted by Gasteiger charge is 2.48. The van der Waals surface area contributed by atoms with E-state index in [4.69, 9.17) is 4.74 Å². The number of nitrogens with zero attached hydrogens (tertiary/aromatic N) is 6. The standard InChI is InChI=1S/C81H58B2N6O/c1-8-29-57(30-9-1)85(58-31-10-2-11-32-58)65-50-75-80-76(51-65)89(63-41-20-7-21-42-63)74-55-78-70(54-69(74)82(80)67-43-23-25-45-72(67)87(75)61-37-16-5-17-38-61)83-68-47-46-64(84-48-26-28-56-27-22-24-44-71(56)84)49-73(68)88(62-39-18-6-19-40-62)77-52-66(53-79(90-78)81(77)83)86(59-33-12-3-13-34-59)60-35-14-4-15-36-60/h1-25,27,29-47,49-55H,26,28,48H2. The smallest absolute Gasteiger partial charge is 0.256 e. The molecule has 0 saturated heterocycles. The molecule has 0 aromatic heterocycles. The van der Waals surface area contributed by atoms with Crippen LogP contribution in [0.25, 0.3) is 0 Å². The number of para-hydroxylation sites is 9. The van der Waals surface area contributed by atoms with Crippen LogP contribution in [0.1, 0.15) is 12.0 Å². The van der Waals surface area contributed by atoms with Crippen LogP contribution in [-0.2, 0) is 6.42 Å². The molecule has 0 saturated carbocycles. The van der Waals surface area contributed by atoms with Crippen molar-refractivity contribution in [2.75, 3.05) is 35.9 Å². The van der Waals surface area contributed by atoms with Gasteiger partial charge in [0.05, 0.1) is 11.4 Å². The second-order valence-electron chi connectivity index (χ2n) is 23.9. The van der Waals surface area contributed by atoms with Crippen molar-refractivity contribution < 1.29 is 4.74 Å². The van der Waals surface area contributed by atoms with E-state index in [1.165, 1.54) is 38.8 Å². The van der Waals surface area contributed by atoms with Gasteiger partial charge in [-0.2, -0.15) is 0 Å². The Morgan fingerprint density at radius 2 is 0.700 bits per heavy atom. The van der Waals surface area contributed by atoms with Crippen LogP contribution in [0.4, 0.5) is 96.7 Å². The van der Waals surface area contributed by atoms with Crippen LogP contribution < -0.4 is 66.9 Å². The molecule has 13 aromatic carbocycles. The number of aryl methyl sites for hydroxylation is 1. The first-order valence-electron chi connectivity index (χ1n) is 31.3. The van der Waals surface area contributed by atoms with Crippen molar-refractivity contribution in [3.05, 3.63) is 321 Å². The summed E-state index contributed by atoms with van der Waals surface area (Å²) in [7, 11) is 0. The van der Waals surface area contributed by atoms with Gasteiger partial charge in [0.25, 0.3) is 13.4 Å². The maximum atomic E-state index is 7.81. The predicted octanol–water partition coefficient (Wildman–Crippen LogP) is 17.2. The van der Waals surface area contributed by atoms with Gasteiger partial charge in [-0.05, 0) is 179 Å². The fourth-order valence-corrected chi connectivity index (χ4v) is 15.1. The number of ether oxygens (including phenoxy) is 1. The van der Waals surface area contributed by atoms with Gasteiger partial charge in [0, 0.05) is 104 Å². The van der Waals surface area contributed by atoms with Crippen LogP contribution in [0, 0.1) is 0 Å². The molecule has 0 amide bonds. The summed E-state index contributed by atoms with van der Waals surface area (Å²) in [4.78, 5) is 14.8. The number of benzene rings is 13. The SMILES string of the molecule is c1ccc(N(c2ccccc2)c2cc3c4c(c2)N(c2ccccc2)c2cc(N5CCCc6ccccc65)ccc2B4c2cc4c(cc2O3)N(c2ccccc2)c2cc(N(c3ccccc3)c3ccccc3)cc3c2B4c2ccccc2N3c2ccccc2)cc1. The lowest BCUT2D eigenvalue weighted by Crippen LogP contribution is -2.64. The zero-order chi connectivity index (χ0) is 59.2. The minimum Gasteiger partial charge on any atom is -0.458 e. The zero-order valence-corrected chi connectivity index (χ0v) is 49.4. The molecule has 0 fully saturated rings. The van der Waals surface area contributed by atoms with Crippen molar-refractivity contribution in [3.63, 3.8) is 0 Å². The van der Waals surface area contributed by atoms with E-state index in [0.29, 0.717) is 0 Å². The lowest BCUT2D eigenvalue weighted by atomic mass is 9.30. The van der Waals surface area contributed by atoms with E-state index in [2.05, 4.69) is 345 Å². The number of hydrogen-bond donors (Lipinski definition) is 0. The molecule has 0 spiro atoms. The van der Waals surface area contributed by atoms with Gasteiger partial charge in [-0.15, -0.1) is 0 Å². The average molecular weight is 1150 g/mol. The molecule has 13 aromatic rings. The van der Waals surface area contributed by atoms with Crippen molar-refractivity contribution in [2.45, 2.75) is 12.8 Å². The Morgan fingerprint density at radius 3 is 1.24 bits per heavy atom. The molecule has 9 heteroatoms. The van der Waals surface area contributed by atoms with Crippen LogP contribution in [0.15, 0.2) is 315 Å². The van der Waals surface area contributed by atoms with Crippen LogP contribution >= 0.6 is 0 Å². The molecule has 18 rings (SSSR count). The third-order valence-electron chi connectivity index (χ3n) is 18.9. The van der Waals surface area contributed by atoms with Gasteiger partial charge < -0.3 is 34.1 Å². The van der Waals surface area contributed by atoms with Gasteiger partial charge in [0.1, 0.15) is 11.5 Å². The Kier molecular flexibility index (Phi) is 12.2. The molecule has 7 nitrogen and oxygen atoms in total. The van der Waals surface area contributed by atoms with Crippen LogP contribution in [0.5, 0.6) is 11.5 Å². The molecule has 5 aliphatic rings. The molecule has 5 heterocycles. The topological polar surface area (TPSA) is 28.7 Å². The molecule has 5 aliphatic heterocycles. The molecular weight excluding hydrogens is 1090 g/mol. The highest BCUT2D eigenvalue weighted by molar-refractivity contribution is 7.02. The largest absolute Gasteiger partial charge is 0.458 e. The molecule has 424 valence electrons. The van der Waals surface area contributed by atoms with Crippen LogP contribution in [-0.4, -0.2) is 20.0 Å². The second kappa shape index (κ2) is 21.2. The summed E-state index contributed by atoms with van der Waals surface area (Å²) < 4.78 is 7.81. The molecule has 0 atom stereocenters. The Bertz CT molecular complexity index is 4810. The number of hydrogen-bond acceptors (Lipinski definition) is 7. The molecule has 0 aliphatic carbocycles. The zero-order valence-electron chi connectivity index (χ0n) is 49.4. The predicted molar refractivity (Wildman–Crippen MR) is 377 cm³/mol. The van der Waals surface area contributed by atoms with Gasteiger partial charge in [0.15, 0.2) is 0 Å². The van der Waals surface area contributed by atoms with E-state index < -0.39 is 0 Å². The van der Waals surface area contributed by atoms with Gasteiger partial charge >= 0.3 is 0 Å². The summed E-state index contributed by atoms with van der Waals surface area (Å²) in [6.45, 7) is 0.558. The van der Waals surface area contributed by atoms with E-state index in [1.54, 1.807) is 0 Å². The highest BCUT2D eigenvalue weighted by Crippen LogP contribution is 2.51. The molecule has 0 radical (unpaired) electrons. The third-order valence-corrected chi connectivity index (χ3v) is 18.9. The van der Waals surface area contributed by atoms with Crippen LogP contribution in [0.2, 0.25) is 0 Å². The minimum atomic E-state index is -0.212. The first kappa shape index (κ1) is 51.8. The van der Waals surface area contributed by atoms with Gasteiger partial charge in [-0.3, -0.25) is 0 Å². The Labute approximate surface area is 526 Å². The minimum absolute atomic E-state index is 0.165.